The van der Waals surface area contributed by atoms with Crippen molar-refractivity contribution in [2.45, 2.75) is 13.3 Å². The topological polar surface area (TPSA) is 51.1 Å². The molecule has 0 unspecified atom stereocenters. The quantitative estimate of drug-likeness (QED) is 0.371. The molecule has 0 radical (unpaired) electrons. The lowest BCUT2D eigenvalue weighted by Crippen LogP contribution is -2.21. The van der Waals surface area contributed by atoms with Crippen LogP contribution < -0.4 is 14.5 Å². The summed E-state index contributed by atoms with van der Waals surface area (Å²) in [7, 11) is 0. The van der Waals surface area contributed by atoms with E-state index in [1.54, 1.807) is 0 Å². The molecule has 0 aromatic heterocycles. The predicted molar refractivity (Wildman–Crippen MR) is 124 cm³/mol. The van der Waals surface area contributed by atoms with Gasteiger partial charge < -0.3 is 9.47 Å². The van der Waals surface area contributed by atoms with Crippen molar-refractivity contribution < 1.29 is 14.3 Å². The summed E-state index contributed by atoms with van der Waals surface area (Å²) in [6.45, 7) is 3.03. The molecular weight excluding hydrogens is 388 g/mol. The molecule has 1 heterocycles. The number of hydrazone groups is 1. The number of benzene rings is 3. The number of para-hydroxylation sites is 2. The maximum absolute atomic E-state index is 12.8. The Morgan fingerprint density at radius 3 is 2.03 bits per heavy atom. The van der Waals surface area contributed by atoms with Gasteiger partial charge in [0, 0.05) is 6.42 Å². The van der Waals surface area contributed by atoms with E-state index in [1.807, 2.05) is 97.9 Å². The van der Waals surface area contributed by atoms with E-state index in [2.05, 4.69) is 5.10 Å². The molecule has 0 N–H and O–H groups in total. The molecule has 3 aromatic carbocycles. The molecule has 0 saturated carbocycles. The normalized spacial score (nSPS) is 14.6. The van der Waals surface area contributed by atoms with Gasteiger partial charge in [-0.25, -0.2) is 0 Å². The second-order valence-electron chi connectivity index (χ2n) is 7.13. The first-order chi connectivity index (χ1) is 15.2. The largest absolute Gasteiger partial charge is 0.493 e. The molecule has 5 heteroatoms. The van der Waals surface area contributed by atoms with E-state index in [4.69, 9.17) is 9.47 Å². The molecule has 0 aliphatic carbocycles. The van der Waals surface area contributed by atoms with Crippen LogP contribution in [0.5, 0.6) is 11.5 Å². The molecule has 5 nitrogen and oxygen atoms in total. The number of carbonyl (C=O) groups excluding carboxylic acids is 1. The highest BCUT2D eigenvalue weighted by Gasteiger charge is 2.28. The van der Waals surface area contributed by atoms with Gasteiger partial charge in [-0.2, -0.15) is 10.1 Å². The maximum atomic E-state index is 12.8. The monoisotopic (exact) mass is 412 g/mol. The van der Waals surface area contributed by atoms with E-state index in [9.17, 15) is 4.79 Å². The van der Waals surface area contributed by atoms with Gasteiger partial charge in [0.1, 0.15) is 11.5 Å². The fraction of sp³-hybridized carbons (Fsp3) is 0.154. The predicted octanol–water partition coefficient (Wildman–Crippen LogP) is 5.34. The molecule has 3 aromatic rings. The van der Waals surface area contributed by atoms with Crippen molar-refractivity contribution in [2.75, 3.05) is 18.2 Å². The van der Waals surface area contributed by atoms with Crippen LogP contribution in [0.15, 0.2) is 95.6 Å². The lowest BCUT2D eigenvalue weighted by atomic mass is 10.1. The number of carbonyl (C=O) groups is 1. The summed E-state index contributed by atoms with van der Waals surface area (Å²) >= 11 is 0. The highest BCUT2D eigenvalue weighted by atomic mass is 16.5. The minimum absolute atomic E-state index is 0.123. The van der Waals surface area contributed by atoms with Gasteiger partial charge in [-0.3, -0.25) is 4.79 Å². The molecule has 0 atom stereocenters. The first-order valence-electron chi connectivity index (χ1n) is 10.3. The van der Waals surface area contributed by atoms with Crippen molar-refractivity contribution in [1.29, 1.82) is 0 Å². The van der Waals surface area contributed by atoms with Crippen LogP contribution in [0.3, 0.4) is 0 Å². The molecule has 0 spiro atoms. The number of rotatable bonds is 8. The Labute approximate surface area is 182 Å². The zero-order valence-electron chi connectivity index (χ0n) is 17.4. The molecular formula is C26H24N2O3. The van der Waals surface area contributed by atoms with E-state index < -0.39 is 0 Å². The Hall–Kier alpha value is -3.86. The van der Waals surface area contributed by atoms with Gasteiger partial charge >= 0.3 is 0 Å². The summed E-state index contributed by atoms with van der Waals surface area (Å²) in [6.07, 6.45) is 2.65. The maximum Gasteiger partial charge on any atom is 0.280 e. The fourth-order valence-electron chi connectivity index (χ4n) is 3.21. The highest BCUT2D eigenvalue weighted by Crippen LogP contribution is 2.25. The van der Waals surface area contributed by atoms with Crippen LogP contribution in [0.25, 0.3) is 6.08 Å². The van der Waals surface area contributed by atoms with Crippen molar-refractivity contribution in [3.05, 3.63) is 96.1 Å². The molecule has 1 aliphatic heterocycles. The van der Waals surface area contributed by atoms with E-state index in [1.165, 1.54) is 5.01 Å². The highest BCUT2D eigenvalue weighted by molar-refractivity contribution is 6.32. The Kier molecular flexibility index (Phi) is 6.43. The Balaban J connectivity index is 1.30. The number of amides is 1. The Bertz CT molecular complexity index is 1070. The number of hydrogen-bond acceptors (Lipinski definition) is 4. The first kappa shape index (κ1) is 20.4. The van der Waals surface area contributed by atoms with Crippen LogP contribution in [0.1, 0.15) is 18.9 Å². The number of hydrogen-bond donors (Lipinski definition) is 0. The summed E-state index contributed by atoms with van der Waals surface area (Å²) in [5.74, 6) is 1.53. The third kappa shape index (κ3) is 5.20. The van der Waals surface area contributed by atoms with Crippen LogP contribution >= 0.6 is 0 Å². The third-order valence-corrected chi connectivity index (χ3v) is 4.82. The van der Waals surface area contributed by atoms with E-state index in [0.29, 0.717) is 24.5 Å². The van der Waals surface area contributed by atoms with Gasteiger partial charge in [-0.05, 0) is 55.0 Å². The smallest absolute Gasteiger partial charge is 0.280 e. The second-order valence-corrected chi connectivity index (χ2v) is 7.13. The third-order valence-electron chi connectivity index (χ3n) is 4.82. The zero-order chi connectivity index (χ0) is 21.5. The van der Waals surface area contributed by atoms with E-state index in [0.717, 1.165) is 29.2 Å². The molecule has 156 valence electrons. The number of nitrogens with zero attached hydrogens (tertiary/aromatic N) is 2. The summed E-state index contributed by atoms with van der Waals surface area (Å²) in [5, 5.41) is 5.85. The van der Waals surface area contributed by atoms with Crippen molar-refractivity contribution in [1.82, 2.24) is 0 Å². The number of ether oxygens (including phenoxy) is 2. The van der Waals surface area contributed by atoms with Crippen molar-refractivity contribution >= 4 is 23.4 Å². The lowest BCUT2D eigenvalue weighted by molar-refractivity contribution is -0.114. The van der Waals surface area contributed by atoms with Crippen LogP contribution in [-0.4, -0.2) is 24.8 Å². The average molecular weight is 412 g/mol. The first-order valence-corrected chi connectivity index (χ1v) is 10.3. The zero-order valence-corrected chi connectivity index (χ0v) is 17.4. The molecule has 4 rings (SSSR count). The molecule has 1 aliphatic rings. The summed E-state index contributed by atoms with van der Waals surface area (Å²) in [5.41, 5.74) is 2.98. The average Bonchev–Trinajstić information content (AvgIpc) is 3.09. The van der Waals surface area contributed by atoms with Gasteiger partial charge in [0.25, 0.3) is 5.91 Å². The van der Waals surface area contributed by atoms with Gasteiger partial charge in [-0.1, -0.05) is 48.5 Å². The van der Waals surface area contributed by atoms with Gasteiger partial charge in [0.2, 0.25) is 0 Å². The summed E-state index contributed by atoms with van der Waals surface area (Å²) in [6, 6.07) is 26.9. The number of anilines is 1. The van der Waals surface area contributed by atoms with Crippen LogP contribution in [0.2, 0.25) is 0 Å². The molecule has 0 saturated heterocycles. The van der Waals surface area contributed by atoms with Crippen LogP contribution in [0.4, 0.5) is 5.69 Å². The minimum Gasteiger partial charge on any atom is -0.493 e. The second kappa shape index (κ2) is 9.76. The Morgan fingerprint density at radius 2 is 1.39 bits per heavy atom. The lowest BCUT2D eigenvalue weighted by Gasteiger charge is -2.11. The summed E-state index contributed by atoms with van der Waals surface area (Å²) < 4.78 is 11.4. The van der Waals surface area contributed by atoms with E-state index >= 15 is 0 Å². The Morgan fingerprint density at radius 1 is 0.806 bits per heavy atom. The van der Waals surface area contributed by atoms with Crippen molar-refractivity contribution in [3.8, 4) is 11.5 Å². The van der Waals surface area contributed by atoms with E-state index in [-0.39, 0.29) is 5.91 Å². The molecule has 31 heavy (non-hydrogen) atoms. The van der Waals surface area contributed by atoms with Gasteiger partial charge in [0.05, 0.1) is 30.2 Å². The summed E-state index contributed by atoms with van der Waals surface area (Å²) in [4.78, 5) is 12.8. The van der Waals surface area contributed by atoms with Crippen LogP contribution in [0, 0.1) is 0 Å². The van der Waals surface area contributed by atoms with Crippen molar-refractivity contribution in [3.63, 3.8) is 0 Å². The van der Waals surface area contributed by atoms with Gasteiger partial charge in [-0.15, -0.1) is 0 Å². The minimum atomic E-state index is -0.123. The van der Waals surface area contributed by atoms with Crippen LogP contribution in [-0.2, 0) is 4.79 Å². The molecule has 0 fully saturated rings. The standard InChI is InChI=1S/C26H24N2O3/c1-20-25(26(29)28(27-20)22-9-4-2-5-10-22)19-21-13-15-24(16-14-21)31-18-8-17-30-23-11-6-3-7-12-23/h2-7,9-16,19H,8,17-18H2,1H3. The van der Waals surface area contributed by atoms with Crippen molar-refractivity contribution in [2.24, 2.45) is 5.10 Å². The fourth-order valence-corrected chi connectivity index (χ4v) is 3.21. The van der Waals surface area contributed by atoms with Gasteiger partial charge in [0.15, 0.2) is 0 Å². The molecule has 0 bridgehead atoms. The molecule has 1 amide bonds. The SMILES string of the molecule is CC1=NN(c2ccccc2)C(=O)C1=Cc1ccc(OCCCOc2ccccc2)cc1.